The van der Waals surface area contributed by atoms with E-state index in [0.717, 1.165) is 16.9 Å². The molecular weight excluding hydrogens is 300 g/mol. The molecule has 0 amide bonds. The molecule has 0 atom stereocenters. The normalized spacial score (nSPS) is 13.9. The SMILES string of the molecule is Cc1c(C(=O)O)nn(-c2ccccc2)c1-c1ccc(C2CC2)cc1. The van der Waals surface area contributed by atoms with E-state index in [-0.39, 0.29) is 5.69 Å². The first kappa shape index (κ1) is 14.7. The van der Waals surface area contributed by atoms with Gasteiger partial charge in [0.1, 0.15) is 0 Å². The lowest BCUT2D eigenvalue weighted by Crippen LogP contribution is -2.02. The second kappa shape index (κ2) is 5.64. The summed E-state index contributed by atoms with van der Waals surface area (Å²) >= 11 is 0. The summed E-state index contributed by atoms with van der Waals surface area (Å²) in [5.41, 5.74) is 4.82. The fourth-order valence-corrected chi connectivity index (χ4v) is 3.12. The first-order valence-electron chi connectivity index (χ1n) is 8.14. The average Bonchev–Trinajstić information content (AvgIpc) is 3.39. The first-order chi connectivity index (χ1) is 11.6. The number of aromatic nitrogens is 2. The number of carboxylic acids is 1. The molecule has 4 rings (SSSR count). The molecule has 1 saturated carbocycles. The third-order valence-electron chi connectivity index (χ3n) is 4.56. The molecule has 24 heavy (non-hydrogen) atoms. The molecule has 120 valence electrons. The maximum atomic E-state index is 11.5. The zero-order chi connectivity index (χ0) is 16.7. The van der Waals surface area contributed by atoms with Crippen LogP contribution in [0.5, 0.6) is 0 Å². The van der Waals surface area contributed by atoms with Crippen LogP contribution in [0.25, 0.3) is 16.9 Å². The Labute approximate surface area is 140 Å². The van der Waals surface area contributed by atoms with Gasteiger partial charge in [-0.15, -0.1) is 0 Å². The molecule has 0 spiro atoms. The zero-order valence-corrected chi connectivity index (χ0v) is 13.4. The number of para-hydroxylation sites is 1. The summed E-state index contributed by atoms with van der Waals surface area (Å²) in [7, 11) is 0. The molecule has 0 saturated heterocycles. The van der Waals surface area contributed by atoms with Crippen LogP contribution in [-0.2, 0) is 0 Å². The van der Waals surface area contributed by atoms with Gasteiger partial charge in [0.2, 0.25) is 0 Å². The second-order valence-corrected chi connectivity index (χ2v) is 6.27. The van der Waals surface area contributed by atoms with Crippen molar-refractivity contribution in [3.8, 4) is 16.9 Å². The van der Waals surface area contributed by atoms with Crippen molar-refractivity contribution in [1.82, 2.24) is 9.78 Å². The minimum Gasteiger partial charge on any atom is -0.476 e. The van der Waals surface area contributed by atoms with E-state index in [1.54, 1.807) is 4.68 Å². The van der Waals surface area contributed by atoms with Crippen molar-refractivity contribution < 1.29 is 9.90 Å². The molecule has 0 aliphatic heterocycles. The van der Waals surface area contributed by atoms with Crippen LogP contribution in [0.4, 0.5) is 0 Å². The van der Waals surface area contributed by atoms with Crippen LogP contribution in [0.2, 0.25) is 0 Å². The monoisotopic (exact) mass is 318 g/mol. The summed E-state index contributed by atoms with van der Waals surface area (Å²) in [6.45, 7) is 1.82. The van der Waals surface area contributed by atoms with E-state index in [9.17, 15) is 9.90 Å². The van der Waals surface area contributed by atoms with Crippen LogP contribution in [0, 0.1) is 6.92 Å². The largest absolute Gasteiger partial charge is 0.476 e. The number of benzene rings is 2. The Morgan fingerprint density at radius 2 is 1.75 bits per heavy atom. The van der Waals surface area contributed by atoms with Crippen LogP contribution >= 0.6 is 0 Å². The molecule has 1 aliphatic carbocycles. The van der Waals surface area contributed by atoms with Gasteiger partial charge in [0.25, 0.3) is 0 Å². The van der Waals surface area contributed by atoms with Crippen molar-refractivity contribution in [2.24, 2.45) is 0 Å². The summed E-state index contributed by atoms with van der Waals surface area (Å²) in [6, 6.07) is 18.1. The highest BCUT2D eigenvalue weighted by Gasteiger charge is 2.24. The predicted octanol–water partition coefficient (Wildman–Crippen LogP) is 4.42. The van der Waals surface area contributed by atoms with E-state index in [2.05, 4.69) is 29.4 Å². The lowest BCUT2D eigenvalue weighted by molar-refractivity contribution is 0.0689. The molecule has 0 radical (unpaired) electrons. The molecule has 4 nitrogen and oxygen atoms in total. The van der Waals surface area contributed by atoms with Crippen LogP contribution in [0.1, 0.15) is 40.4 Å². The average molecular weight is 318 g/mol. The van der Waals surface area contributed by atoms with Gasteiger partial charge in [0.15, 0.2) is 5.69 Å². The van der Waals surface area contributed by atoms with Crippen LogP contribution < -0.4 is 0 Å². The van der Waals surface area contributed by atoms with E-state index < -0.39 is 5.97 Å². The van der Waals surface area contributed by atoms with Gasteiger partial charge in [-0.3, -0.25) is 0 Å². The number of rotatable bonds is 4. The Kier molecular flexibility index (Phi) is 3.45. The van der Waals surface area contributed by atoms with Gasteiger partial charge >= 0.3 is 5.97 Å². The molecule has 1 aliphatic rings. The number of aromatic carboxylic acids is 1. The summed E-state index contributed by atoms with van der Waals surface area (Å²) in [6.07, 6.45) is 2.53. The molecule has 1 N–H and O–H groups in total. The van der Waals surface area contributed by atoms with Gasteiger partial charge in [-0.1, -0.05) is 42.5 Å². The van der Waals surface area contributed by atoms with Crippen molar-refractivity contribution in [1.29, 1.82) is 0 Å². The Morgan fingerprint density at radius 1 is 1.08 bits per heavy atom. The quantitative estimate of drug-likeness (QED) is 0.774. The number of hydrogen-bond acceptors (Lipinski definition) is 2. The Bertz CT molecular complexity index is 891. The zero-order valence-electron chi connectivity index (χ0n) is 13.4. The Balaban J connectivity index is 1.87. The minimum absolute atomic E-state index is 0.0973. The highest BCUT2D eigenvalue weighted by atomic mass is 16.4. The predicted molar refractivity (Wildman–Crippen MR) is 92.7 cm³/mol. The van der Waals surface area contributed by atoms with Gasteiger partial charge in [-0.05, 0) is 43.4 Å². The Morgan fingerprint density at radius 3 is 2.33 bits per heavy atom. The number of nitrogens with zero attached hydrogens (tertiary/aromatic N) is 2. The molecule has 1 fully saturated rings. The van der Waals surface area contributed by atoms with E-state index in [1.165, 1.54) is 18.4 Å². The van der Waals surface area contributed by atoms with Crippen molar-refractivity contribution >= 4 is 5.97 Å². The van der Waals surface area contributed by atoms with Gasteiger partial charge in [-0.2, -0.15) is 5.10 Å². The first-order valence-corrected chi connectivity index (χ1v) is 8.14. The molecule has 4 heteroatoms. The highest BCUT2D eigenvalue weighted by Crippen LogP contribution is 2.40. The number of carboxylic acid groups (broad SMARTS) is 1. The van der Waals surface area contributed by atoms with Crippen LogP contribution in [0.3, 0.4) is 0 Å². The summed E-state index contributed by atoms with van der Waals surface area (Å²) in [4.78, 5) is 11.5. The van der Waals surface area contributed by atoms with Gasteiger partial charge in [0.05, 0.1) is 11.4 Å². The highest BCUT2D eigenvalue weighted by molar-refractivity contribution is 5.90. The lowest BCUT2D eigenvalue weighted by atomic mass is 10.0. The van der Waals surface area contributed by atoms with Crippen molar-refractivity contribution in [2.75, 3.05) is 0 Å². The third kappa shape index (κ3) is 2.50. The van der Waals surface area contributed by atoms with E-state index in [4.69, 9.17) is 0 Å². The van der Waals surface area contributed by atoms with Crippen LogP contribution in [-0.4, -0.2) is 20.9 Å². The van der Waals surface area contributed by atoms with Crippen molar-refractivity contribution in [3.63, 3.8) is 0 Å². The van der Waals surface area contributed by atoms with Crippen molar-refractivity contribution in [3.05, 3.63) is 71.4 Å². The maximum absolute atomic E-state index is 11.5. The summed E-state index contributed by atoms with van der Waals surface area (Å²) in [5, 5.41) is 13.8. The van der Waals surface area contributed by atoms with E-state index in [0.29, 0.717) is 11.5 Å². The van der Waals surface area contributed by atoms with Crippen molar-refractivity contribution in [2.45, 2.75) is 25.7 Å². The van der Waals surface area contributed by atoms with Crippen LogP contribution in [0.15, 0.2) is 54.6 Å². The lowest BCUT2D eigenvalue weighted by Gasteiger charge is -2.09. The maximum Gasteiger partial charge on any atom is 0.356 e. The minimum atomic E-state index is -1.00. The fraction of sp³-hybridized carbons (Fsp3) is 0.200. The fourth-order valence-electron chi connectivity index (χ4n) is 3.12. The van der Waals surface area contributed by atoms with E-state index in [1.807, 2.05) is 37.3 Å². The number of carbonyl (C=O) groups is 1. The summed E-state index contributed by atoms with van der Waals surface area (Å²) in [5.74, 6) is -0.299. The molecule has 1 heterocycles. The topological polar surface area (TPSA) is 55.1 Å². The smallest absolute Gasteiger partial charge is 0.356 e. The molecule has 0 unspecified atom stereocenters. The standard InChI is InChI=1S/C20H18N2O2/c1-13-18(20(23)24)21-22(17-5-3-2-4-6-17)19(13)16-11-9-15(10-12-16)14-7-8-14/h2-6,9-12,14H,7-8H2,1H3,(H,23,24). The van der Waals surface area contributed by atoms with Gasteiger partial charge in [-0.25, -0.2) is 9.48 Å². The molecule has 0 bridgehead atoms. The van der Waals surface area contributed by atoms with E-state index >= 15 is 0 Å². The van der Waals surface area contributed by atoms with Gasteiger partial charge in [0, 0.05) is 11.1 Å². The second-order valence-electron chi connectivity index (χ2n) is 6.27. The molecule has 2 aromatic carbocycles. The third-order valence-corrected chi connectivity index (χ3v) is 4.56. The molecule has 3 aromatic rings. The summed E-state index contributed by atoms with van der Waals surface area (Å²) < 4.78 is 1.73. The molecular formula is C20H18N2O2. The van der Waals surface area contributed by atoms with Gasteiger partial charge < -0.3 is 5.11 Å². The number of hydrogen-bond donors (Lipinski definition) is 1. The molecule has 1 aromatic heterocycles. The Hall–Kier alpha value is -2.88.